The molecule has 3 N–H and O–H groups in total. The van der Waals surface area contributed by atoms with Crippen LogP contribution in [0.5, 0.6) is 0 Å². The van der Waals surface area contributed by atoms with E-state index in [1.54, 1.807) is 0 Å². The third-order valence-electron chi connectivity index (χ3n) is 3.10. The minimum Gasteiger partial charge on any atom is -0.355 e. The monoisotopic (exact) mass is 186 g/mol. The van der Waals surface area contributed by atoms with Gasteiger partial charge < -0.3 is 10.7 Å². The van der Waals surface area contributed by atoms with E-state index in [1.165, 1.54) is 21.8 Å². The van der Waals surface area contributed by atoms with Crippen molar-refractivity contribution < 1.29 is 0 Å². The molecule has 0 bridgehead atoms. The minimum atomic E-state index is 0.313. The predicted molar refractivity (Wildman–Crippen MR) is 58.1 cm³/mol. The van der Waals surface area contributed by atoms with Gasteiger partial charge in [-0.1, -0.05) is 18.2 Å². The van der Waals surface area contributed by atoms with Crippen molar-refractivity contribution in [3.8, 4) is 0 Å². The van der Waals surface area contributed by atoms with Crippen molar-refractivity contribution in [1.29, 1.82) is 0 Å². The van der Waals surface area contributed by atoms with Crippen molar-refractivity contribution in [1.82, 2.24) is 4.98 Å². The average Bonchev–Trinajstić information content (AvgIpc) is 2.56. The van der Waals surface area contributed by atoms with Crippen LogP contribution in [0, 0.1) is 0 Å². The van der Waals surface area contributed by atoms with Crippen molar-refractivity contribution in [3.05, 3.63) is 34.0 Å². The summed E-state index contributed by atoms with van der Waals surface area (Å²) in [6.45, 7) is 0. The first-order valence-corrected chi connectivity index (χ1v) is 5.17. The fraction of sp³-hybridized carbons (Fsp3) is 0.333. The number of hydrogen-bond donors (Lipinski definition) is 2. The molecule has 2 aliphatic rings. The van der Waals surface area contributed by atoms with E-state index in [4.69, 9.17) is 5.73 Å². The number of nitrogens with one attached hydrogen (secondary N) is 1. The van der Waals surface area contributed by atoms with Gasteiger partial charge in [-0.3, -0.25) is 0 Å². The van der Waals surface area contributed by atoms with Crippen LogP contribution in [0.3, 0.4) is 0 Å². The van der Waals surface area contributed by atoms with E-state index in [0.717, 1.165) is 19.3 Å². The molecule has 0 aromatic carbocycles. The van der Waals surface area contributed by atoms with E-state index in [9.17, 15) is 0 Å². The Morgan fingerprint density at radius 2 is 2.21 bits per heavy atom. The average molecular weight is 186 g/mol. The maximum Gasteiger partial charge on any atom is 0.0423 e. The van der Waals surface area contributed by atoms with Gasteiger partial charge in [0, 0.05) is 16.7 Å². The topological polar surface area (TPSA) is 41.8 Å². The van der Waals surface area contributed by atoms with Gasteiger partial charge in [-0.2, -0.15) is 0 Å². The highest BCUT2D eigenvalue weighted by Gasteiger charge is 2.16. The van der Waals surface area contributed by atoms with Gasteiger partial charge in [0.2, 0.25) is 0 Å². The molecule has 2 nitrogen and oxygen atoms in total. The quantitative estimate of drug-likeness (QED) is 0.586. The smallest absolute Gasteiger partial charge is 0.0423 e. The van der Waals surface area contributed by atoms with Crippen LogP contribution in [0.4, 0.5) is 0 Å². The van der Waals surface area contributed by atoms with E-state index in [2.05, 4.69) is 29.3 Å². The first-order valence-electron chi connectivity index (χ1n) is 5.17. The zero-order valence-electron chi connectivity index (χ0n) is 8.09. The maximum absolute atomic E-state index is 5.97. The molecule has 0 saturated heterocycles. The van der Waals surface area contributed by atoms with Crippen LogP contribution < -0.4 is 16.4 Å². The Hall–Kier alpha value is -1.28. The summed E-state index contributed by atoms with van der Waals surface area (Å²) in [5.41, 5.74) is 8.87. The van der Waals surface area contributed by atoms with E-state index < -0.39 is 0 Å². The summed E-state index contributed by atoms with van der Waals surface area (Å²) in [4.78, 5) is 3.46. The summed E-state index contributed by atoms with van der Waals surface area (Å²) in [6, 6.07) is 0.313. The fourth-order valence-electron chi connectivity index (χ4n) is 2.37. The third-order valence-corrected chi connectivity index (χ3v) is 3.10. The second kappa shape index (κ2) is 2.85. The molecule has 2 heteroatoms. The molecule has 0 saturated carbocycles. The molecular formula is C12H14N2. The SMILES string of the molecule is NC1CC=c2[nH]c3c(c2C1)CC=CC=3. The molecule has 14 heavy (non-hydrogen) atoms. The Morgan fingerprint density at radius 3 is 3.14 bits per heavy atom. The van der Waals surface area contributed by atoms with Crippen LogP contribution in [0.15, 0.2) is 12.2 Å². The Morgan fingerprint density at radius 1 is 1.29 bits per heavy atom. The highest BCUT2D eigenvalue weighted by Crippen LogP contribution is 2.11. The van der Waals surface area contributed by atoms with Crippen LogP contribution in [0.1, 0.15) is 17.5 Å². The number of hydrogen-bond acceptors (Lipinski definition) is 1. The molecule has 2 aliphatic carbocycles. The number of nitrogens with two attached hydrogens (primary N) is 1. The zero-order valence-corrected chi connectivity index (χ0v) is 8.09. The lowest BCUT2D eigenvalue weighted by atomic mass is 9.94. The molecule has 0 amide bonds. The molecule has 0 aliphatic heterocycles. The lowest BCUT2D eigenvalue weighted by Crippen LogP contribution is -2.30. The summed E-state index contributed by atoms with van der Waals surface area (Å²) in [7, 11) is 0. The molecule has 0 radical (unpaired) electrons. The summed E-state index contributed by atoms with van der Waals surface area (Å²) >= 11 is 0. The zero-order chi connectivity index (χ0) is 9.54. The molecule has 0 spiro atoms. The Labute approximate surface area is 82.8 Å². The number of fused-ring (bicyclic) bond motifs is 3. The lowest BCUT2D eigenvalue weighted by Gasteiger charge is -2.14. The standard InChI is InChI=1S/C12H14N2/c13-8-5-6-12-10(7-8)9-3-1-2-4-11(9)14-12/h1-2,4,6,8,14H,3,5,7,13H2. The number of rotatable bonds is 0. The number of allylic oxidation sites excluding steroid dienone is 2. The van der Waals surface area contributed by atoms with Crippen LogP contribution in [0.2, 0.25) is 0 Å². The van der Waals surface area contributed by atoms with E-state index in [-0.39, 0.29) is 0 Å². The molecule has 1 atom stereocenters. The van der Waals surface area contributed by atoms with E-state index >= 15 is 0 Å². The molecule has 1 aromatic rings. The van der Waals surface area contributed by atoms with Crippen molar-refractivity contribution in [2.45, 2.75) is 25.3 Å². The van der Waals surface area contributed by atoms with Gasteiger partial charge in [0.15, 0.2) is 0 Å². The number of aromatic nitrogens is 1. The van der Waals surface area contributed by atoms with Crippen LogP contribution in [-0.4, -0.2) is 11.0 Å². The molecule has 0 fully saturated rings. The Bertz CT molecular complexity index is 505. The molecule has 3 rings (SSSR count). The van der Waals surface area contributed by atoms with Crippen molar-refractivity contribution >= 4 is 12.2 Å². The van der Waals surface area contributed by atoms with Crippen LogP contribution in [-0.2, 0) is 12.8 Å². The Balaban J connectivity index is 2.27. The summed E-state index contributed by atoms with van der Waals surface area (Å²) < 4.78 is 0. The minimum absolute atomic E-state index is 0.313. The summed E-state index contributed by atoms with van der Waals surface area (Å²) in [5.74, 6) is 0. The van der Waals surface area contributed by atoms with E-state index in [1.807, 2.05) is 0 Å². The van der Waals surface area contributed by atoms with Gasteiger partial charge in [0.1, 0.15) is 0 Å². The van der Waals surface area contributed by atoms with Gasteiger partial charge in [-0.05, 0) is 36.5 Å². The van der Waals surface area contributed by atoms with E-state index in [0.29, 0.717) is 6.04 Å². The van der Waals surface area contributed by atoms with Crippen LogP contribution >= 0.6 is 0 Å². The predicted octanol–water partition coefficient (Wildman–Crippen LogP) is -0.0385. The first kappa shape index (κ1) is 8.06. The second-order valence-electron chi connectivity index (χ2n) is 4.11. The van der Waals surface area contributed by atoms with Gasteiger partial charge >= 0.3 is 0 Å². The van der Waals surface area contributed by atoms with Crippen molar-refractivity contribution in [3.63, 3.8) is 0 Å². The normalized spacial score (nSPS) is 23.4. The first-order chi connectivity index (χ1) is 6.84. The molecular weight excluding hydrogens is 172 g/mol. The fourth-order valence-corrected chi connectivity index (χ4v) is 2.37. The molecule has 1 unspecified atom stereocenters. The largest absolute Gasteiger partial charge is 0.355 e. The number of H-pyrrole nitrogens is 1. The van der Waals surface area contributed by atoms with Gasteiger partial charge in [-0.15, -0.1) is 0 Å². The molecule has 72 valence electrons. The highest BCUT2D eigenvalue weighted by atomic mass is 14.7. The van der Waals surface area contributed by atoms with Gasteiger partial charge in [0.25, 0.3) is 0 Å². The maximum atomic E-state index is 5.97. The summed E-state index contributed by atoms with van der Waals surface area (Å²) in [5, 5.41) is 2.58. The summed E-state index contributed by atoms with van der Waals surface area (Å²) in [6.07, 6.45) is 11.8. The third kappa shape index (κ3) is 1.07. The number of aromatic amines is 1. The lowest BCUT2D eigenvalue weighted by molar-refractivity contribution is 0.674. The van der Waals surface area contributed by atoms with Gasteiger partial charge in [0.05, 0.1) is 0 Å². The second-order valence-corrected chi connectivity index (χ2v) is 4.11. The van der Waals surface area contributed by atoms with Crippen molar-refractivity contribution in [2.75, 3.05) is 0 Å². The molecule has 1 aromatic heterocycles. The van der Waals surface area contributed by atoms with Crippen LogP contribution in [0.25, 0.3) is 12.2 Å². The highest BCUT2D eigenvalue weighted by molar-refractivity contribution is 5.48. The van der Waals surface area contributed by atoms with Gasteiger partial charge in [-0.25, -0.2) is 0 Å². The van der Waals surface area contributed by atoms with Crippen molar-refractivity contribution in [2.24, 2.45) is 5.73 Å². The molecule has 1 heterocycles. The Kier molecular flexibility index (Phi) is 1.64.